The number of rotatable bonds is 12. The Bertz CT molecular complexity index is 322. The Morgan fingerprint density at radius 1 is 0.952 bits per heavy atom. The van der Waals surface area contributed by atoms with Gasteiger partial charge in [0.1, 0.15) is 0 Å². The van der Waals surface area contributed by atoms with Crippen LogP contribution in [0.1, 0.15) is 66.2 Å². The van der Waals surface area contributed by atoms with Crippen LogP contribution in [0.2, 0.25) is 0 Å². The van der Waals surface area contributed by atoms with Crippen LogP contribution in [0.4, 0.5) is 0 Å². The Morgan fingerprint density at radius 2 is 1.71 bits per heavy atom. The van der Waals surface area contributed by atoms with Gasteiger partial charge in [-0.2, -0.15) is 6.42 Å². The van der Waals surface area contributed by atoms with Gasteiger partial charge in [0.25, 0.3) is 0 Å². The summed E-state index contributed by atoms with van der Waals surface area (Å²) in [5, 5.41) is 0. The second-order valence-electron chi connectivity index (χ2n) is 5.22. The van der Waals surface area contributed by atoms with E-state index in [-0.39, 0.29) is 0 Å². The average molecular weight is 287 g/mol. The van der Waals surface area contributed by atoms with Crippen LogP contribution in [0.5, 0.6) is 0 Å². The summed E-state index contributed by atoms with van der Waals surface area (Å²) < 4.78 is 0. The van der Waals surface area contributed by atoms with Crippen LogP contribution in [0.15, 0.2) is 48.1 Å². The summed E-state index contributed by atoms with van der Waals surface area (Å²) in [5.74, 6) is 0.621. The lowest BCUT2D eigenvalue weighted by molar-refractivity contribution is 0.656. The minimum absolute atomic E-state index is 0.621. The molecule has 0 amide bonds. The monoisotopic (exact) mass is 286 g/mol. The van der Waals surface area contributed by atoms with Gasteiger partial charge in [0.15, 0.2) is 0 Å². The molecule has 118 valence electrons. The fourth-order valence-corrected chi connectivity index (χ4v) is 2.23. The van der Waals surface area contributed by atoms with Gasteiger partial charge in [-0.15, -0.1) is 0 Å². The number of hydrogen-bond acceptors (Lipinski definition) is 0. The molecule has 0 aromatic rings. The highest BCUT2D eigenvalue weighted by Gasteiger charge is 2.03. The SMILES string of the molecule is CCC=CCC=CC(C=CCC([CH+]CC)[CH-]CC)=CCC. The molecule has 0 saturated carbocycles. The van der Waals surface area contributed by atoms with E-state index in [2.05, 4.69) is 83.1 Å². The molecule has 0 bridgehead atoms. The van der Waals surface area contributed by atoms with Crippen molar-refractivity contribution >= 4 is 0 Å². The van der Waals surface area contributed by atoms with Crippen molar-refractivity contribution in [3.05, 3.63) is 60.9 Å². The third kappa shape index (κ3) is 12.3. The largest absolute Gasteiger partial charge is 0.281 e. The Balaban J connectivity index is 4.38. The van der Waals surface area contributed by atoms with Gasteiger partial charge in [0.05, 0.1) is 6.42 Å². The Labute approximate surface area is 133 Å². The van der Waals surface area contributed by atoms with Gasteiger partial charge < -0.3 is 0 Å². The highest BCUT2D eigenvalue weighted by molar-refractivity contribution is 5.30. The molecule has 0 unspecified atom stereocenters. The van der Waals surface area contributed by atoms with Crippen LogP contribution >= 0.6 is 0 Å². The van der Waals surface area contributed by atoms with Gasteiger partial charge in [-0.05, 0) is 44.1 Å². The highest BCUT2D eigenvalue weighted by atomic mass is 14.1. The molecular formula is C21H34. The normalized spacial score (nSPS) is 14.6. The van der Waals surface area contributed by atoms with Gasteiger partial charge in [0, 0.05) is 6.42 Å². The first-order chi connectivity index (χ1) is 10.3. The van der Waals surface area contributed by atoms with Crippen LogP contribution in [-0.2, 0) is 0 Å². The van der Waals surface area contributed by atoms with E-state index in [1.54, 1.807) is 0 Å². The van der Waals surface area contributed by atoms with E-state index in [9.17, 15) is 0 Å². The highest BCUT2D eigenvalue weighted by Crippen LogP contribution is 2.17. The van der Waals surface area contributed by atoms with Crippen LogP contribution in [-0.4, -0.2) is 0 Å². The van der Waals surface area contributed by atoms with Crippen LogP contribution < -0.4 is 0 Å². The second-order valence-corrected chi connectivity index (χ2v) is 5.22. The molecule has 21 heavy (non-hydrogen) atoms. The number of hydrogen-bond donors (Lipinski definition) is 0. The molecule has 0 rings (SSSR count). The third-order valence-electron chi connectivity index (χ3n) is 3.22. The lowest BCUT2D eigenvalue weighted by Crippen LogP contribution is -1.99. The van der Waals surface area contributed by atoms with Crippen molar-refractivity contribution in [1.82, 2.24) is 0 Å². The zero-order chi connectivity index (χ0) is 15.8. The summed E-state index contributed by atoms with van der Waals surface area (Å²) in [6.07, 6.45) is 27.3. The summed E-state index contributed by atoms with van der Waals surface area (Å²) in [6.45, 7) is 8.80. The average Bonchev–Trinajstić information content (AvgIpc) is 2.47. The van der Waals surface area contributed by atoms with Gasteiger partial charge in [0.2, 0.25) is 0 Å². The summed E-state index contributed by atoms with van der Waals surface area (Å²) in [7, 11) is 0. The molecule has 0 radical (unpaired) electrons. The standard InChI is InChI=1S/C21H34/c1-5-9-10-11-12-17-21(16-8-4)19-13-18-20(14-6-2)15-7-3/h9-10,12-17,19-20H,5-8,11,18H2,1-4H3. The molecule has 0 N–H and O–H groups in total. The molecule has 0 aliphatic carbocycles. The summed E-state index contributed by atoms with van der Waals surface area (Å²) in [6, 6.07) is 0. The first-order valence-electron chi connectivity index (χ1n) is 8.63. The maximum atomic E-state index is 2.41. The fourth-order valence-electron chi connectivity index (χ4n) is 2.23. The molecule has 0 atom stereocenters. The van der Waals surface area contributed by atoms with Gasteiger partial charge in [-0.1, -0.05) is 63.3 Å². The van der Waals surface area contributed by atoms with Gasteiger partial charge in [-0.3, -0.25) is 6.42 Å². The van der Waals surface area contributed by atoms with E-state index in [1.807, 2.05) is 0 Å². The van der Waals surface area contributed by atoms with E-state index in [0.717, 1.165) is 38.5 Å². The van der Waals surface area contributed by atoms with E-state index >= 15 is 0 Å². The fraction of sp³-hybridized carbons (Fsp3) is 0.524. The van der Waals surface area contributed by atoms with Crippen molar-refractivity contribution in [1.29, 1.82) is 0 Å². The first-order valence-corrected chi connectivity index (χ1v) is 8.63. The zero-order valence-corrected chi connectivity index (χ0v) is 14.5. The van der Waals surface area contributed by atoms with Crippen LogP contribution in [0.25, 0.3) is 0 Å². The van der Waals surface area contributed by atoms with Crippen molar-refractivity contribution in [3.63, 3.8) is 0 Å². The van der Waals surface area contributed by atoms with E-state index < -0.39 is 0 Å². The smallest absolute Gasteiger partial charge is 0.0821 e. The summed E-state index contributed by atoms with van der Waals surface area (Å²) >= 11 is 0. The second kappa shape index (κ2) is 15.2. The quantitative estimate of drug-likeness (QED) is 0.205. The molecule has 0 fully saturated rings. The van der Waals surface area contributed by atoms with E-state index in [0.29, 0.717) is 5.92 Å². The molecule has 0 spiro atoms. The van der Waals surface area contributed by atoms with Crippen molar-refractivity contribution in [2.75, 3.05) is 0 Å². The topological polar surface area (TPSA) is 0 Å². The molecule has 0 saturated heterocycles. The molecule has 0 aliphatic heterocycles. The minimum atomic E-state index is 0.621. The molecule has 0 heterocycles. The molecule has 0 nitrogen and oxygen atoms in total. The molecule has 0 heteroatoms. The number of allylic oxidation sites excluding steroid dienone is 8. The Kier molecular flexibility index (Phi) is 14.4. The van der Waals surface area contributed by atoms with Crippen LogP contribution in [0, 0.1) is 18.8 Å². The van der Waals surface area contributed by atoms with E-state index in [4.69, 9.17) is 0 Å². The van der Waals surface area contributed by atoms with Crippen molar-refractivity contribution in [3.8, 4) is 0 Å². The van der Waals surface area contributed by atoms with Crippen LogP contribution in [0.3, 0.4) is 0 Å². The van der Waals surface area contributed by atoms with Gasteiger partial charge in [-0.25, -0.2) is 0 Å². The van der Waals surface area contributed by atoms with Gasteiger partial charge >= 0.3 is 0 Å². The van der Waals surface area contributed by atoms with Crippen molar-refractivity contribution < 1.29 is 0 Å². The first kappa shape index (κ1) is 19.8. The predicted molar refractivity (Wildman–Crippen MR) is 98.0 cm³/mol. The lowest BCUT2D eigenvalue weighted by atomic mass is 9.94. The third-order valence-corrected chi connectivity index (χ3v) is 3.22. The molecular weight excluding hydrogens is 252 g/mol. The molecule has 0 aromatic heterocycles. The van der Waals surface area contributed by atoms with E-state index in [1.165, 1.54) is 5.57 Å². The maximum absolute atomic E-state index is 2.41. The minimum Gasteiger partial charge on any atom is -0.281 e. The molecule has 0 aliphatic rings. The van der Waals surface area contributed by atoms with Crippen molar-refractivity contribution in [2.24, 2.45) is 5.92 Å². The molecule has 0 aromatic carbocycles. The summed E-state index contributed by atoms with van der Waals surface area (Å²) in [5.41, 5.74) is 1.33. The Morgan fingerprint density at radius 3 is 2.33 bits per heavy atom. The predicted octanol–water partition coefficient (Wildman–Crippen LogP) is 7.03. The summed E-state index contributed by atoms with van der Waals surface area (Å²) in [4.78, 5) is 0. The maximum Gasteiger partial charge on any atom is 0.0821 e. The Hall–Kier alpha value is -1.17. The lowest BCUT2D eigenvalue weighted by Gasteiger charge is -2.14. The zero-order valence-electron chi connectivity index (χ0n) is 14.5. The van der Waals surface area contributed by atoms with Crippen molar-refractivity contribution in [2.45, 2.75) is 66.2 Å².